The van der Waals surface area contributed by atoms with Gasteiger partial charge in [-0.05, 0) is 30.3 Å². The maximum Gasteiger partial charge on any atom is 0.293 e. The van der Waals surface area contributed by atoms with E-state index in [9.17, 15) is 19.7 Å². The summed E-state index contributed by atoms with van der Waals surface area (Å²) in [6, 6.07) is 14.3. The molecule has 0 unspecified atom stereocenters. The van der Waals surface area contributed by atoms with Gasteiger partial charge in [0.05, 0.1) is 15.1 Å². The Morgan fingerprint density at radius 1 is 1.10 bits per heavy atom. The van der Waals surface area contributed by atoms with Crippen LogP contribution in [0.4, 0.5) is 16.5 Å². The van der Waals surface area contributed by atoms with Crippen molar-refractivity contribution >= 4 is 49.9 Å². The van der Waals surface area contributed by atoms with Crippen LogP contribution in [0.5, 0.6) is 0 Å². The molecule has 150 valence electrons. The highest BCUT2D eigenvalue weighted by atomic mass is 32.1. The summed E-state index contributed by atoms with van der Waals surface area (Å²) in [5.74, 6) is -0.277. The number of aromatic nitrogens is 1. The first-order valence-corrected chi connectivity index (χ1v) is 9.55. The number of fused-ring (bicyclic) bond motifs is 1. The van der Waals surface area contributed by atoms with Crippen LogP contribution >= 0.6 is 11.3 Å². The molecule has 0 saturated carbocycles. The Balaban J connectivity index is 1.52. The molecule has 0 saturated heterocycles. The maximum absolute atomic E-state index is 12.5. The number of rotatable bonds is 5. The van der Waals surface area contributed by atoms with E-state index in [2.05, 4.69) is 15.6 Å². The van der Waals surface area contributed by atoms with Gasteiger partial charge in [0.15, 0.2) is 10.9 Å². The van der Waals surface area contributed by atoms with Gasteiger partial charge in [0.2, 0.25) is 5.91 Å². The molecule has 2 N–H and O–H groups in total. The highest BCUT2D eigenvalue weighted by molar-refractivity contribution is 7.22. The number of nitrogens with zero attached hydrogens (tertiary/aromatic N) is 2. The van der Waals surface area contributed by atoms with Gasteiger partial charge in [-0.25, -0.2) is 4.98 Å². The molecule has 0 aliphatic carbocycles. The molecule has 30 heavy (non-hydrogen) atoms. The number of anilines is 2. The topological polar surface area (TPSA) is 127 Å². The van der Waals surface area contributed by atoms with E-state index in [-0.39, 0.29) is 17.4 Å². The molecule has 4 aromatic rings. The zero-order valence-corrected chi connectivity index (χ0v) is 16.4. The smallest absolute Gasteiger partial charge is 0.293 e. The minimum absolute atomic E-state index is 0.0506. The molecule has 2 amide bonds. The fraction of sp³-hybridized carbons (Fsp3) is 0.0500. The summed E-state index contributed by atoms with van der Waals surface area (Å²) < 4.78 is 6.37. The third kappa shape index (κ3) is 4.03. The molecule has 0 spiro atoms. The molecule has 0 radical (unpaired) electrons. The maximum atomic E-state index is 12.5. The van der Waals surface area contributed by atoms with Crippen LogP contribution < -0.4 is 10.6 Å². The van der Waals surface area contributed by atoms with Gasteiger partial charge in [-0.1, -0.05) is 23.5 Å². The number of amides is 2. The lowest BCUT2D eigenvalue weighted by Crippen LogP contribution is -2.10. The molecule has 0 fully saturated rings. The zero-order chi connectivity index (χ0) is 21.3. The van der Waals surface area contributed by atoms with Crippen LogP contribution in [-0.2, 0) is 4.79 Å². The van der Waals surface area contributed by atoms with Crippen molar-refractivity contribution < 1.29 is 18.9 Å². The number of non-ortho nitro benzene ring substituents is 1. The van der Waals surface area contributed by atoms with Crippen LogP contribution in [0, 0.1) is 10.1 Å². The lowest BCUT2D eigenvalue weighted by Gasteiger charge is -1.99. The number of nitro benzene ring substituents is 1. The van der Waals surface area contributed by atoms with Gasteiger partial charge in [0.25, 0.3) is 11.6 Å². The van der Waals surface area contributed by atoms with Crippen molar-refractivity contribution in [2.75, 3.05) is 10.6 Å². The number of carbonyl (C=O) groups excluding carboxylic acids is 2. The van der Waals surface area contributed by atoms with Crippen molar-refractivity contribution in [2.45, 2.75) is 6.92 Å². The first-order chi connectivity index (χ1) is 14.4. The lowest BCUT2D eigenvalue weighted by molar-refractivity contribution is -0.384. The van der Waals surface area contributed by atoms with E-state index in [4.69, 9.17) is 4.42 Å². The van der Waals surface area contributed by atoms with Gasteiger partial charge in [0, 0.05) is 30.3 Å². The fourth-order valence-corrected chi connectivity index (χ4v) is 3.71. The van der Waals surface area contributed by atoms with Crippen LogP contribution in [0.25, 0.3) is 21.5 Å². The first-order valence-electron chi connectivity index (χ1n) is 8.73. The second-order valence-electron chi connectivity index (χ2n) is 6.31. The van der Waals surface area contributed by atoms with Crippen molar-refractivity contribution in [3.05, 3.63) is 70.5 Å². The number of nitro groups is 1. The molecular formula is C20H14N4O5S. The van der Waals surface area contributed by atoms with Gasteiger partial charge in [-0.3, -0.25) is 25.0 Å². The summed E-state index contributed by atoms with van der Waals surface area (Å²) in [7, 11) is 0. The van der Waals surface area contributed by atoms with Crippen molar-refractivity contribution in [3.8, 4) is 11.3 Å². The predicted octanol–water partition coefficient (Wildman–Crippen LogP) is 4.68. The van der Waals surface area contributed by atoms with E-state index < -0.39 is 10.8 Å². The third-order valence-corrected chi connectivity index (χ3v) is 5.03. The molecule has 2 aromatic carbocycles. The predicted molar refractivity (Wildman–Crippen MR) is 113 cm³/mol. The van der Waals surface area contributed by atoms with Gasteiger partial charge in [-0.2, -0.15) is 0 Å². The number of hydrogen-bond donors (Lipinski definition) is 2. The Kier molecular flexibility index (Phi) is 4.98. The minimum atomic E-state index is -0.496. The molecule has 0 aliphatic rings. The average molecular weight is 422 g/mol. The second-order valence-corrected chi connectivity index (χ2v) is 7.34. The van der Waals surface area contributed by atoms with Gasteiger partial charge in [-0.15, -0.1) is 0 Å². The molecule has 0 atom stereocenters. The van der Waals surface area contributed by atoms with Crippen molar-refractivity contribution in [1.29, 1.82) is 0 Å². The average Bonchev–Trinajstić information content (AvgIpc) is 3.34. The lowest BCUT2D eigenvalue weighted by atomic mass is 10.1. The molecule has 2 aromatic heterocycles. The van der Waals surface area contributed by atoms with Crippen LogP contribution in [0.2, 0.25) is 0 Å². The van der Waals surface area contributed by atoms with Gasteiger partial charge in [0.1, 0.15) is 5.76 Å². The number of thiazole rings is 1. The molecule has 2 heterocycles. The van der Waals surface area contributed by atoms with Gasteiger partial charge >= 0.3 is 0 Å². The molecule has 4 rings (SSSR count). The Labute approximate surface area is 173 Å². The van der Waals surface area contributed by atoms with Gasteiger partial charge < -0.3 is 9.73 Å². The van der Waals surface area contributed by atoms with Crippen LogP contribution in [0.15, 0.2) is 59.0 Å². The SMILES string of the molecule is CC(=O)Nc1ccc2nc(NC(=O)c3ccc(-c4cccc([N+](=O)[O-])c4)o3)sc2c1. The van der Waals surface area contributed by atoms with E-state index in [1.165, 1.54) is 36.5 Å². The van der Waals surface area contributed by atoms with E-state index in [0.29, 0.717) is 27.7 Å². The van der Waals surface area contributed by atoms with E-state index in [1.807, 2.05) is 0 Å². The third-order valence-electron chi connectivity index (χ3n) is 4.10. The minimum Gasteiger partial charge on any atom is -0.451 e. The first kappa shape index (κ1) is 19.3. The number of carbonyl (C=O) groups is 2. The monoisotopic (exact) mass is 422 g/mol. The molecule has 9 nitrogen and oxygen atoms in total. The summed E-state index contributed by atoms with van der Waals surface area (Å²) in [6.45, 7) is 1.42. The highest BCUT2D eigenvalue weighted by Crippen LogP contribution is 2.30. The molecule has 0 aliphatic heterocycles. The Hall–Kier alpha value is -4.05. The number of nitrogens with one attached hydrogen (secondary N) is 2. The number of benzene rings is 2. The van der Waals surface area contributed by atoms with Crippen LogP contribution in [0.1, 0.15) is 17.5 Å². The van der Waals surface area contributed by atoms with Crippen LogP contribution in [-0.4, -0.2) is 21.7 Å². The summed E-state index contributed by atoms with van der Waals surface area (Å²) in [5.41, 5.74) is 1.75. The zero-order valence-electron chi connectivity index (χ0n) is 15.5. The Bertz CT molecular complexity index is 1290. The Morgan fingerprint density at radius 2 is 1.93 bits per heavy atom. The molecule has 0 bridgehead atoms. The molecule has 10 heteroatoms. The second kappa shape index (κ2) is 7.76. The molecular weight excluding hydrogens is 408 g/mol. The summed E-state index contributed by atoms with van der Waals surface area (Å²) in [5, 5.41) is 16.7. The van der Waals surface area contributed by atoms with E-state index in [0.717, 1.165) is 4.70 Å². The summed E-state index contributed by atoms with van der Waals surface area (Å²) >= 11 is 1.26. The number of hydrogen-bond acceptors (Lipinski definition) is 7. The summed E-state index contributed by atoms with van der Waals surface area (Å²) in [4.78, 5) is 38.5. The number of furan rings is 1. The highest BCUT2D eigenvalue weighted by Gasteiger charge is 2.16. The van der Waals surface area contributed by atoms with Crippen molar-refractivity contribution in [3.63, 3.8) is 0 Å². The Morgan fingerprint density at radius 3 is 2.70 bits per heavy atom. The standard InChI is InChI=1S/C20H14N4O5S/c1-11(25)21-13-5-6-15-18(10-13)30-20(22-15)23-19(26)17-8-7-16(29-17)12-3-2-4-14(9-12)24(27)28/h2-10H,1H3,(H,21,25)(H,22,23,26). The van der Waals surface area contributed by atoms with Crippen molar-refractivity contribution in [2.24, 2.45) is 0 Å². The van der Waals surface area contributed by atoms with Crippen LogP contribution in [0.3, 0.4) is 0 Å². The van der Waals surface area contributed by atoms with E-state index in [1.54, 1.807) is 36.4 Å². The quantitative estimate of drug-likeness (QED) is 0.355. The summed E-state index contributed by atoms with van der Waals surface area (Å²) in [6.07, 6.45) is 0. The fourth-order valence-electron chi connectivity index (χ4n) is 2.81. The largest absolute Gasteiger partial charge is 0.451 e. The van der Waals surface area contributed by atoms with E-state index >= 15 is 0 Å². The van der Waals surface area contributed by atoms with Crippen molar-refractivity contribution in [1.82, 2.24) is 4.98 Å². The normalized spacial score (nSPS) is 10.7.